The summed E-state index contributed by atoms with van der Waals surface area (Å²) in [6.45, 7) is 0. The maximum Gasteiger partial charge on any atom is 0.257 e. The van der Waals surface area contributed by atoms with Gasteiger partial charge in [-0.05, 0) is 35.9 Å². The SMILES string of the molecule is O=C(Nc1ccc(CI)c(-c2nc3ccncc3[nH]2)c1)c1cccnc1. The van der Waals surface area contributed by atoms with Gasteiger partial charge in [0.2, 0.25) is 0 Å². The summed E-state index contributed by atoms with van der Waals surface area (Å²) >= 11 is 2.32. The van der Waals surface area contributed by atoms with Crippen LogP contribution in [0.25, 0.3) is 22.4 Å². The van der Waals surface area contributed by atoms with Crippen molar-refractivity contribution in [3.05, 3.63) is 72.3 Å². The fourth-order valence-electron chi connectivity index (χ4n) is 2.68. The normalized spacial score (nSPS) is 10.8. The number of H-pyrrole nitrogens is 1. The van der Waals surface area contributed by atoms with E-state index in [1.807, 2.05) is 24.3 Å². The summed E-state index contributed by atoms with van der Waals surface area (Å²) in [4.78, 5) is 28.4. The molecule has 1 amide bonds. The van der Waals surface area contributed by atoms with Crippen LogP contribution in [0.4, 0.5) is 5.69 Å². The molecule has 0 aliphatic carbocycles. The number of benzene rings is 1. The van der Waals surface area contributed by atoms with E-state index in [2.05, 4.69) is 47.8 Å². The first kappa shape index (κ1) is 16.6. The summed E-state index contributed by atoms with van der Waals surface area (Å²) in [7, 11) is 0. The highest BCUT2D eigenvalue weighted by molar-refractivity contribution is 14.1. The maximum absolute atomic E-state index is 12.4. The number of rotatable bonds is 4. The molecule has 3 heterocycles. The molecule has 0 aliphatic heterocycles. The Labute approximate surface area is 163 Å². The minimum absolute atomic E-state index is 0.194. The van der Waals surface area contributed by atoms with E-state index in [1.165, 1.54) is 0 Å². The Bertz CT molecular complexity index is 1040. The van der Waals surface area contributed by atoms with Gasteiger partial charge >= 0.3 is 0 Å². The molecule has 128 valence electrons. The molecule has 0 saturated heterocycles. The monoisotopic (exact) mass is 455 g/mol. The number of hydrogen-bond donors (Lipinski definition) is 2. The third-order valence-corrected chi connectivity index (χ3v) is 4.80. The first-order chi connectivity index (χ1) is 12.7. The molecule has 0 spiro atoms. The smallest absolute Gasteiger partial charge is 0.257 e. The van der Waals surface area contributed by atoms with Gasteiger partial charge in [-0.15, -0.1) is 0 Å². The van der Waals surface area contributed by atoms with E-state index in [-0.39, 0.29) is 5.91 Å². The Hall–Kier alpha value is -2.81. The number of alkyl halides is 1. The highest BCUT2D eigenvalue weighted by Crippen LogP contribution is 2.28. The maximum atomic E-state index is 12.4. The summed E-state index contributed by atoms with van der Waals surface area (Å²) < 4.78 is 0.833. The first-order valence-corrected chi connectivity index (χ1v) is 9.47. The molecule has 0 atom stereocenters. The van der Waals surface area contributed by atoms with Crippen LogP contribution >= 0.6 is 22.6 Å². The molecule has 0 unspecified atom stereocenters. The van der Waals surface area contributed by atoms with Gasteiger partial charge in [-0.25, -0.2) is 4.98 Å². The number of amides is 1. The number of carbonyl (C=O) groups is 1. The van der Waals surface area contributed by atoms with Gasteiger partial charge in [0.25, 0.3) is 5.91 Å². The average molecular weight is 455 g/mol. The molecule has 1 aromatic carbocycles. The van der Waals surface area contributed by atoms with Crippen molar-refractivity contribution >= 4 is 45.2 Å². The lowest BCUT2D eigenvalue weighted by atomic mass is 10.1. The summed E-state index contributed by atoms with van der Waals surface area (Å²) in [5.74, 6) is 0.567. The molecular weight excluding hydrogens is 441 g/mol. The molecule has 0 radical (unpaired) electrons. The number of pyridine rings is 2. The average Bonchev–Trinajstić information content (AvgIpc) is 3.12. The van der Waals surface area contributed by atoms with E-state index < -0.39 is 0 Å². The van der Waals surface area contributed by atoms with Gasteiger partial charge in [0.1, 0.15) is 5.82 Å². The predicted octanol–water partition coefficient (Wildman–Crippen LogP) is 4.21. The zero-order valence-corrected chi connectivity index (χ0v) is 15.8. The number of hydrogen-bond acceptors (Lipinski definition) is 4. The summed E-state index contributed by atoms with van der Waals surface area (Å²) in [6.07, 6.45) is 6.66. The molecule has 26 heavy (non-hydrogen) atoms. The third kappa shape index (κ3) is 3.30. The molecule has 0 saturated carbocycles. The Kier molecular flexibility index (Phi) is 4.61. The number of nitrogens with zero attached hydrogens (tertiary/aromatic N) is 3. The van der Waals surface area contributed by atoms with Crippen LogP contribution in [0.5, 0.6) is 0 Å². The first-order valence-electron chi connectivity index (χ1n) is 7.95. The number of imidazole rings is 1. The van der Waals surface area contributed by atoms with Crippen LogP contribution in [-0.4, -0.2) is 25.8 Å². The molecule has 3 aromatic heterocycles. The number of aromatic nitrogens is 4. The van der Waals surface area contributed by atoms with Crippen molar-refractivity contribution in [2.24, 2.45) is 0 Å². The van der Waals surface area contributed by atoms with Crippen molar-refractivity contribution in [3.63, 3.8) is 0 Å². The van der Waals surface area contributed by atoms with Crippen LogP contribution in [-0.2, 0) is 4.43 Å². The van der Waals surface area contributed by atoms with E-state index in [0.29, 0.717) is 11.3 Å². The molecule has 0 aliphatic rings. The van der Waals surface area contributed by atoms with E-state index >= 15 is 0 Å². The van der Waals surface area contributed by atoms with Crippen LogP contribution in [0.2, 0.25) is 0 Å². The topological polar surface area (TPSA) is 83.6 Å². The summed E-state index contributed by atoms with van der Waals surface area (Å²) in [6, 6.07) is 11.2. The second kappa shape index (κ2) is 7.20. The Morgan fingerprint density at radius 3 is 2.77 bits per heavy atom. The number of halogens is 1. The molecule has 2 N–H and O–H groups in total. The highest BCUT2D eigenvalue weighted by atomic mass is 127. The summed E-state index contributed by atoms with van der Waals surface area (Å²) in [5.41, 5.74) is 5.06. The van der Waals surface area contributed by atoms with E-state index in [4.69, 9.17) is 0 Å². The Morgan fingerprint density at radius 2 is 2.00 bits per heavy atom. The van der Waals surface area contributed by atoms with E-state index in [9.17, 15) is 4.79 Å². The quantitative estimate of drug-likeness (QED) is 0.357. The fraction of sp³-hybridized carbons (Fsp3) is 0.0526. The van der Waals surface area contributed by atoms with Gasteiger partial charge in [-0.2, -0.15) is 0 Å². The lowest BCUT2D eigenvalue weighted by molar-refractivity contribution is 0.102. The van der Waals surface area contributed by atoms with Crippen molar-refractivity contribution in [3.8, 4) is 11.4 Å². The minimum atomic E-state index is -0.194. The number of anilines is 1. The zero-order chi connectivity index (χ0) is 17.9. The Balaban J connectivity index is 1.70. The van der Waals surface area contributed by atoms with Gasteiger partial charge in [0.15, 0.2) is 0 Å². The van der Waals surface area contributed by atoms with E-state index in [1.54, 1.807) is 36.9 Å². The number of aromatic amines is 1. The number of fused-ring (bicyclic) bond motifs is 1. The van der Waals surface area contributed by atoms with Crippen molar-refractivity contribution in [2.75, 3.05) is 5.32 Å². The van der Waals surface area contributed by atoms with Gasteiger partial charge < -0.3 is 10.3 Å². The number of carbonyl (C=O) groups excluding carboxylic acids is 1. The van der Waals surface area contributed by atoms with Gasteiger partial charge in [-0.3, -0.25) is 14.8 Å². The van der Waals surface area contributed by atoms with Crippen molar-refractivity contribution in [1.29, 1.82) is 0 Å². The lowest BCUT2D eigenvalue weighted by Crippen LogP contribution is -2.12. The zero-order valence-electron chi connectivity index (χ0n) is 13.6. The van der Waals surface area contributed by atoms with Crippen molar-refractivity contribution < 1.29 is 4.79 Å². The molecule has 4 aromatic rings. The summed E-state index contributed by atoms with van der Waals surface area (Å²) in [5, 5.41) is 2.92. The van der Waals surface area contributed by atoms with Gasteiger partial charge in [-0.1, -0.05) is 28.7 Å². The van der Waals surface area contributed by atoms with E-state index in [0.717, 1.165) is 32.4 Å². The van der Waals surface area contributed by atoms with Crippen LogP contribution in [0.1, 0.15) is 15.9 Å². The molecular formula is C19H14IN5O. The van der Waals surface area contributed by atoms with Crippen molar-refractivity contribution in [1.82, 2.24) is 19.9 Å². The highest BCUT2D eigenvalue weighted by Gasteiger charge is 2.12. The minimum Gasteiger partial charge on any atom is -0.337 e. The molecule has 6 nitrogen and oxygen atoms in total. The second-order valence-corrected chi connectivity index (χ2v) is 6.44. The lowest BCUT2D eigenvalue weighted by Gasteiger charge is -2.10. The molecule has 4 rings (SSSR count). The Morgan fingerprint density at radius 1 is 1.12 bits per heavy atom. The molecule has 7 heteroatoms. The fourth-order valence-corrected chi connectivity index (χ4v) is 3.34. The van der Waals surface area contributed by atoms with Crippen LogP contribution in [0, 0.1) is 0 Å². The van der Waals surface area contributed by atoms with Crippen LogP contribution in [0.15, 0.2) is 61.2 Å². The van der Waals surface area contributed by atoms with Gasteiger partial charge in [0.05, 0.1) is 22.8 Å². The van der Waals surface area contributed by atoms with Gasteiger partial charge in [0, 0.05) is 34.3 Å². The second-order valence-electron chi connectivity index (χ2n) is 5.68. The predicted molar refractivity (Wildman–Crippen MR) is 109 cm³/mol. The van der Waals surface area contributed by atoms with Crippen LogP contribution in [0.3, 0.4) is 0 Å². The third-order valence-electron chi connectivity index (χ3n) is 3.97. The van der Waals surface area contributed by atoms with Crippen LogP contribution < -0.4 is 5.32 Å². The number of nitrogens with one attached hydrogen (secondary N) is 2. The largest absolute Gasteiger partial charge is 0.337 e. The standard InChI is InChI=1S/C19H14IN5O/c20-9-12-3-4-14(23-19(26)13-2-1-6-21-10-13)8-15(12)18-24-16-5-7-22-11-17(16)25-18/h1-8,10-11H,9H2,(H,23,26)(H,24,25). The molecule has 0 bridgehead atoms. The van der Waals surface area contributed by atoms with Crippen molar-refractivity contribution in [2.45, 2.75) is 4.43 Å². The molecule has 0 fully saturated rings.